The molecule has 18 heavy (non-hydrogen) atoms. The van der Waals surface area contributed by atoms with Crippen molar-refractivity contribution in [1.82, 2.24) is 0 Å². The van der Waals surface area contributed by atoms with Gasteiger partial charge in [0.05, 0.1) is 5.56 Å². The molecule has 3 rings (SSSR count). The van der Waals surface area contributed by atoms with Gasteiger partial charge >= 0.3 is 5.97 Å². The summed E-state index contributed by atoms with van der Waals surface area (Å²) in [5.41, 5.74) is 0.388. The van der Waals surface area contributed by atoms with Crippen molar-refractivity contribution in [2.24, 2.45) is 0 Å². The number of aromatic carboxylic acids is 1. The minimum atomic E-state index is -0.877. The van der Waals surface area contributed by atoms with Crippen molar-refractivity contribution >= 4 is 65.3 Å². The average molecular weight is 262 g/mol. The van der Waals surface area contributed by atoms with Crippen LogP contribution in [0.4, 0.5) is 0 Å². The van der Waals surface area contributed by atoms with Crippen LogP contribution in [-0.4, -0.2) is 48.8 Å². The number of rotatable bonds is 1. The second kappa shape index (κ2) is 5.27. The van der Waals surface area contributed by atoms with E-state index >= 15 is 0 Å². The third-order valence-corrected chi connectivity index (χ3v) is 2.99. The number of fused-ring (bicyclic) bond motifs is 2. The van der Waals surface area contributed by atoms with Crippen molar-refractivity contribution in [2.45, 2.75) is 0 Å². The van der Waals surface area contributed by atoms with Crippen LogP contribution in [0.15, 0.2) is 54.6 Å². The van der Waals surface area contributed by atoms with Crippen LogP contribution in [0.25, 0.3) is 21.5 Å². The van der Waals surface area contributed by atoms with Gasteiger partial charge < -0.3 is 5.11 Å². The summed E-state index contributed by atoms with van der Waals surface area (Å²) < 4.78 is 0. The smallest absolute Gasteiger partial charge is 0.336 e. The number of carboxylic acid groups (broad SMARTS) is 1. The Morgan fingerprint density at radius 2 is 1.28 bits per heavy atom. The minimum Gasteiger partial charge on any atom is -0.478 e. The van der Waals surface area contributed by atoms with Crippen LogP contribution in [0.3, 0.4) is 0 Å². The van der Waals surface area contributed by atoms with Gasteiger partial charge in [-0.15, -0.1) is 0 Å². The molecule has 0 heterocycles. The van der Waals surface area contributed by atoms with Gasteiger partial charge in [0.2, 0.25) is 0 Å². The minimum absolute atomic E-state index is 0. The molecule has 84 valence electrons. The number of hydrogen-bond donors (Lipinski definition) is 1. The van der Waals surface area contributed by atoms with E-state index < -0.39 is 5.97 Å². The number of carbonyl (C=O) groups is 1. The van der Waals surface area contributed by atoms with E-state index in [0.29, 0.717) is 5.56 Å². The number of carboxylic acids is 1. The first-order chi connectivity index (χ1) is 8.27. The summed E-state index contributed by atoms with van der Waals surface area (Å²) in [6.45, 7) is 0. The molecule has 0 saturated heterocycles. The summed E-state index contributed by atoms with van der Waals surface area (Å²) in [7, 11) is 0. The zero-order valence-electron chi connectivity index (χ0n) is 9.76. The maximum atomic E-state index is 11.4. The Hall–Kier alpha value is -1.09. The van der Waals surface area contributed by atoms with Gasteiger partial charge in [-0.05, 0) is 27.6 Å². The molecular weight excluding hydrogens is 252 g/mol. The monoisotopic (exact) mass is 262 g/mol. The Morgan fingerprint density at radius 3 is 1.72 bits per heavy atom. The Kier molecular flexibility index (Phi) is 3.91. The van der Waals surface area contributed by atoms with Gasteiger partial charge in [-0.2, -0.15) is 0 Å². The van der Waals surface area contributed by atoms with E-state index in [4.69, 9.17) is 0 Å². The van der Waals surface area contributed by atoms with Crippen molar-refractivity contribution in [3.8, 4) is 0 Å². The molecule has 0 atom stereocenters. The third kappa shape index (κ3) is 2.12. The van der Waals surface area contributed by atoms with Gasteiger partial charge in [0.15, 0.2) is 0 Å². The second-order valence-electron chi connectivity index (χ2n) is 4.00. The fourth-order valence-electron chi connectivity index (χ4n) is 2.24. The first kappa shape index (κ1) is 13.3. The molecule has 3 aromatic rings. The maximum Gasteiger partial charge on any atom is 0.336 e. The molecule has 1 N–H and O–H groups in total. The molecule has 0 aromatic heterocycles. The molecule has 0 bridgehead atoms. The Morgan fingerprint density at radius 1 is 0.833 bits per heavy atom. The van der Waals surface area contributed by atoms with Gasteiger partial charge in [-0.25, -0.2) is 4.79 Å². The zero-order chi connectivity index (χ0) is 11.8. The predicted molar refractivity (Wildman–Crippen MR) is 74.2 cm³/mol. The fourth-order valence-corrected chi connectivity index (χ4v) is 2.24. The van der Waals surface area contributed by atoms with Gasteiger partial charge in [-0.3, -0.25) is 0 Å². The molecule has 0 spiro atoms. The molecule has 3 heteroatoms. The third-order valence-electron chi connectivity index (χ3n) is 2.99. The van der Waals surface area contributed by atoms with Crippen LogP contribution in [0.1, 0.15) is 10.4 Å². The van der Waals surface area contributed by atoms with Crippen molar-refractivity contribution in [2.75, 3.05) is 0 Å². The van der Waals surface area contributed by atoms with Crippen LogP contribution in [0.5, 0.6) is 0 Å². The summed E-state index contributed by atoms with van der Waals surface area (Å²) in [4.78, 5) is 11.4. The quantitative estimate of drug-likeness (QED) is 0.539. The van der Waals surface area contributed by atoms with Crippen LogP contribution in [0.2, 0.25) is 0 Å². The Bertz CT molecular complexity index is 681. The Balaban J connectivity index is 0.00000120. The van der Waals surface area contributed by atoms with Gasteiger partial charge in [-0.1, -0.05) is 48.5 Å². The summed E-state index contributed by atoms with van der Waals surface area (Å²) in [6.07, 6.45) is 0. The molecule has 0 aliphatic rings. The van der Waals surface area contributed by atoms with Crippen molar-refractivity contribution < 1.29 is 9.90 Å². The molecule has 0 amide bonds. The first-order valence-electron chi connectivity index (χ1n) is 5.41. The van der Waals surface area contributed by atoms with Gasteiger partial charge in [0.25, 0.3) is 0 Å². The van der Waals surface area contributed by atoms with Crippen molar-refractivity contribution in [1.29, 1.82) is 0 Å². The zero-order valence-corrected chi connectivity index (χ0v) is 12.0. The van der Waals surface area contributed by atoms with E-state index in [9.17, 15) is 9.90 Å². The topological polar surface area (TPSA) is 37.3 Å². The summed E-state index contributed by atoms with van der Waals surface area (Å²) in [6, 6.07) is 17.2. The van der Waals surface area contributed by atoms with Crippen LogP contribution in [-0.2, 0) is 0 Å². The van der Waals surface area contributed by atoms with E-state index in [0.717, 1.165) is 21.5 Å². The summed E-state index contributed by atoms with van der Waals surface area (Å²) in [5, 5.41) is 12.9. The number of benzene rings is 3. The molecule has 0 aliphatic carbocycles. The molecule has 2 radical (unpaired) electrons. The Labute approximate surface area is 134 Å². The molecule has 0 fully saturated rings. The molecule has 0 saturated carbocycles. The normalized spacial score (nSPS) is 10.2. The van der Waals surface area contributed by atoms with E-state index in [1.165, 1.54) is 0 Å². The van der Waals surface area contributed by atoms with Crippen LogP contribution < -0.4 is 0 Å². The maximum absolute atomic E-state index is 11.4. The summed E-state index contributed by atoms with van der Waals surface area (Å²) >= 11 is 0. The second-order valence-corrected chi connectivity index (χ2v) is 4.00. The average Bonchev–Trinajstić information content (AvgIpc) is 2.35. The summed E-state index contributed by atoms with van der Waals surface area (Å²) in [5.74, 6) is -0.877. The van der Waals surface area contributed by atoms with Crippen molar-refractivity contribution in [3.63, 3.8) is 0 Å². The standard InChI is InChI=1S/C15H10O2.Ca/c16-15(17)14-12-7-3-1-5-10(12)9-11-6-2-4-8-13(11)14;/h1-9H,(H,16,17);. The first-order valence-corrected chi connectivity index (χ1v) is 5.41. The molecule has 0 unspecified atom stereocenters. The van der Waals surface area contributed by atoms with E-state index in [-0.39, 0.29) is 37.7 Å². The van der Waals surface area contributed by atoms with Gasteiger partial charge in [0.1, 0.15) is 0 Å². The predicted octanol–water partition coefficient (Wildman–Crippen LogP) is 3.31. The van der Waals surface area contributed by atoms with Crippen LogP contribution >= 0.6 is 0 Å². The van der Waals surface area contributed by atoms with E-state index in [1.807, 2.05) is 54.6 Å². The fraction of sp³-hybridized carbons (Fsp3) is 0. The molecular formula is C15H10CaO2. The SMILES string of the molecule is O=C(O)c1c2ccccc2cc2ccccc12.[Ca]. The van der Waals surface area contributed by atoms with Gasteiger partial charge in [0, 0.05) is 37.7 Å². The molecule has 3 aromatic carbocycles. The van der Waals surface area contributed by atoms with E-state index in [2.05, 4.69) is 0 Å². The van der Waals surface area contributed by atoms with E-state index in [1.54, 1.807) is 0 Å². The largest absolute Gasteiger partial charge is 0.478 e. The van der Waals surface area contributed by atoms with Crippen molar-refractivity contribution in [3.05, 3.63) is 60.2 Å². The van der Waals surface area contributed by atoms with Crippen LogP contribution in [0, 0.1) is 0 Å². The molecule has 2 nitrogen and oxygen atoms in total. The number of hydrogen-bond acceptors (Lipinski definition) is 1. The molecule has 0 aliphatic heterocycles.